The van der Waals surface area contributed by atoms with Crippen LogP contribution in [0.2, 0.25) is 0 Å². The summed E-state index contributed by atoms with van der Waals surface area (Å²) in [5.41, 5.74) is 5.09. The molecule has 2 fully saturated rings. The first-order valence-electron chi connectivity index (χ1n) is 11.4. The maximum absolute atomic E-state index is 4.75. The summed E-state index contributed by atoms with van der Waals surface area (Å²) in [7, 11) is 0. The van der Waals surface area contributed by atoms with Crippen molar-refractivity contribution in [1.82, 2.24) is 19.7 Å². The highest BCUT2D eigenvalue weighted by atomic mass is 15.3. The van der Waals surface area contributed by atoms with Crippen molar-refractivity contribution in [2.75, 3.05) is 45.8 Å². The summed E-state index contributed by atoms with van der Waals surface area (Å²) in [6, 6.07) is 14.2. The fourth-order valence-electron chi connectivity index (χ4n) is 4.51. The summed E-state index contributed by atoms with van der Waals surface area (Å²) in [5, 5.41) is 0. The molecule has 0 radical (unpaired) electrons. The van der Waals surface area contributed by atoms with E-state index in [0.29, 0.717) is 6.04 Å². The highest BCUT2D eigenvalue weighted by Crippen LogP contribution is 2.20. The van der Waals surface area contributed by atoms with Crippen LogP contribution in [0, 0.1) is 0 Å². The van der Waals surface area contributed by atoms with Crippen molar-refractivity contribution in [2.45, 2.75) is 45.7 Å². The number of piperazine rings is 1. The van der Waals surface area contributed by atoms with Crippen LogP contribution in [-0.2, 0) is 13.0 Å². The minimum Gasteiger partial charge on any atom is -0.303 e. The lowest BCUT2D eigenvalue weighted by Crippen LogP contribution is -2.48. The normalized spacial score (nSPS) is 19.3. The van der Waals surface area contributed by atoms with E-state index in [1.807, 2.05) is 6.20 Å². The number of likely N-dealkylation sites (tertiary alicyclic amines) is 1. The lowest BCUT2D eigenvalue weighted by atomic mass is 10.0. The third-order valence-corrected chi connectivity index (χ3v) is 6.55. The summed E-state index contributed by atoms with van der Waals surface area (Å²) < 4.78 is 0. The van der Waals surface area contributed by atoms with Gasteiger partial charge < -0.3 is 4.90 Å². The Kier molecular flexibility index (Phi) is 6.96. The molecule has 4 heteroatoms. The number of hydrogen-bond donors (Lipinski definition) is 0. The zero-order valence-corrected chi connectivity index (χ0v) is 18.2. The molecule has 4 nitrogen and oxygen atoms in total. The molecule has 4 rings (SSSR count). The zero-order valence-electron chi connectivity index (χ0n) is 18.2. The van der Waals surface area contributed by atoms with Gasteiger partial charge in [-0.25, -0.2) is 0 Å². The summed E-state index contributed by atoms with van der Waals surface area (Å²) >= 11 is 0. The Morgan fingerprint density at radius 1 is 0.793 bits per heavy atom. The molecule has 156 valence electrons. The van der Waals surface area contributed by atoms with Crippen LogP contribution in [0.5, 0.6) is 0 Å². The molecule has 0 amide bonds. The number of pyridine rings is 1. The topological polar surface area (TPSA) is 22.6 Å². The largest absolute Gasteiger partial charge is 0.303 e. The molecular weight excluding hydrogens is 356 g/mol. The van der Waals surface area contributed by atoms with Gasteiger partial charge in [0.25, 0.3) is 0 Å². The van der Waals surface area contributed by atoms with Crippen LogP contribution in [0.15, 0.2) is 42.6 Å². The van der Waals surface area contributed by atoms with Gasteiger partial charge in [-0.15, -0.1) is 0 Å². The van der Waals surface area contributed by atoms with Gasteiger partial charge in [0.2, 0.25) is 0 Å². The van der Waals surface area contributed by atoms with Crippen molar-refractivity contribution < 1.29 is 0 Å². The Labute approximate surface area is 176 Å². The number of nitrogens with zero attached hydrogens (tertiary/aromatic N) is 4. The minimum atomic E-state index is 0.654. The molecule has 3 heterocycles. The lowest BCUT2D eigenvalue weighted by Gasteiger charge is -2.36. The Balaban J connectivity index is 1.28. The van der Waals surface area contributed by atoms with Gasteiger partial charge in [-0.3, -0.25) is 14.8 Å². The molecule has 0 bridgehead atoms. The SMILES string of the molecule is CC(C)N1CCN(Cc2ccc(-c3ccc(CCN4CCCC4)cc3)cn2)CC1. The van der Waals surface area contributed by atoms with Crippen molar-refractivity contribution >= 4 is 0 Å². The molecular formula is C25H36N4. The van der Waals surface area contributed by atoms with E-state index in [-0.39, 0.29) is 0 Å². The van der Waals surface area contributed by atoms with Gasteiger partial charge in [0.05, 0.1) is 5.69 Å². The standard InChI is InChI=1S/C25H36N4/c1-21(2)29-17-15-28(16-18-29)20-25-10-9-24(19-26-25)23-7-5-22(6-8-23)11-14-27-12-3-4-13-27/h5-10,19,21H,3-4,11-18,20H2,1-2H3. The number of rotatable bonds is 7. The van der Waals surface area contributed by atoms with Crippen LogP contribution in [0.1, 0.15) is 37.9 Å². The van der Waals surface area contributed by atoms with Crippen LogP contribution < -0.4 is 0 Å². The van der Waals surface area contributed by atoms with Crippen molar-refractivity contribution in [1.29, 1.82) is 0 Å². The van der Waals surface area contributed by atoms with Gasteiger partial charge >= 0.3 is 0 Å². The Bertz CT molecular complexity index is 739. The third kappa shape index (κ3) is 5.65. The smallest absolute Gasteiger partial charge is 0.0544 e. The first kappa shape index (κ1) is 20.5. The van der Waals surface area contributed by atoms with Gasteiger partial charge in [0, 0.05) is 57.1 Å². The van der Waals surface area contributed by atoms with Gasteiger partial charge in [-0.2, -0.15) is 0 Å². The highest BCUT2D eigenvalue weighted by molar-refractivity contribution is 5.62. The van der Waals surface area contributed by atoms with Crippen molar-refractivity contribution in [2.24, 2.45) is 0 Å². The maximum Gasteiger partial charge on any atom is 0.0544 e. The van der Waals surface area contributed by atoms with E-state index >= 15 is 0 Å². The van der Waals surface area contributed by atoms with Crippen LogP contribution >= 0.6 is 0 Å². The van der Waals surface area contributed by atoms with E-state index in [4.69, 9.17) is 4.98 Å². The molecule has 29 heavy (non-hydrogen) atoms. The predicted molar refractivity (Wildman–Crippen MR) is 121 cm³/mol. The summed E-state index contributed by atoms with van der Waals surface area (Å²) in [6.07, 6.45) is 5.94. The van der Waals surface area contributed by atoms with Gasteiger partial charge in [-0.1, -0.05) is 30.3 Å². The molecule has 0 saturated carbocycles. The molecule has 2 aromatic rings. The predicted octanol–water partition coefficient (Wildman–Crippen LogP) is 3.91. The first-order valence-corrected chi connectivity index (χ1v) is 11.4. The van der Waals surface area contributed by atoms with Crippen LogP contribution in [0.25, 0.3) is 11.1 Å². The van der Waals surface area contributed by atoms with Crippen LogP contribution in [-0.4, -0.2) is 71.5 Å². The van der Waals surface area contributed by atoms with E-state index in [1.165, 1.54) is 67.9 Å². The van der Waals surface area contributed by atoms with Crippen LogP contribution in [0.4, 0.5) is 0 Å². The van der Waals surface area contributed by atoms with Gasteiger partial charge in [-0.05, 0) is 63.4 Å². The zero-order chi connectivity index (χ0) is 20.1. The van der Waals surface area contributed by atoms with Crippen LogP contribution in [0.3, 0.4) is 0 Å². The third-order valence-electron chi connectivity index (χ3n) is 6.55. The summed E-state index contributed by atoms with van der Waals surface area (Å²) in [5.74, 6) is 0. The Morgan fingerprint density at radius 2 is 1.48 bits per heavy atom. The number of aromatic nitrogens is 1. The van der Waals surface area contributed by atoms with E-state index in [0.717, 1.165) is 26.1 Å². The van der Waals surface area contributed by atoms with E-state index in [2.05, 4.69) is 64.9 Å². The number of benzene rings is 1. The fourth-order valence-corrected chi connectivity index (χ4v) is 4.51. The molecule has 0 N–H and O–H groups in total. The Hall–Kier alpha value is -1.75. The quantitative estimate of drug-likeness (QED) is 0.712. The Morgan fingerprint density at radius 3 is 2.10 bits per heavy atom. The second-order valence-corrected chi connectivity index (χ2v) is 8.94. The molecule has 0 unspecified atom stereocenters. The monoisotopic (exact) mass is 392 g/mol. The fraction of sp³-hybridized carbons (Fsp3) is 0.560. The first-order chi connectivity index (χ1) is 14.2. The highest BCUT2D eigenvalue weighted by Gasteiger charge is 2.19. The lowest BCUT2D eigenvalue weighted by molar-refractivity contribution is 0.103. The average molecular weight is 393 g/mol. The second-order valence-electron chi connectivity index (χ2n) is 8.94. The van der Waals surface area contributed by atoms with Crippen molar-refractivity contribution in [3.63, 3.8) is 0 Å². The molecule has 1 aromatic heterocycles. The molecule has 0 aliphatic carbocycles. The minimum absolute atomic E-state index is 0.654. The van der Waals surface area contributed by atoms with E-state index < -0.39 is 0 Å². The molecule has 2 aliphatic rings. The summed E-state index contributed by atoms with van der Waals surface area (Å²) in [6.45, 7) is 13.9. The van der Waals surface area contributed by atoms with Crippen molar-refractivity contribution in [3.8, 4) is 11.1 Å². The molecule has 2 saturated heterocycles. The molecule has 2 aliphatic heterocycles. The van der Waals surface area contributed by atoms with E-state index in [9.17, 15) is 0 Å². The maximum atomic E-state index is 4.75. The average Bonchev–Trinajstić information content (AvgIpc) is 3.27. The molecule has 0 spiro atoms. The van der Waals surface area contributed by atoms with Gasteiger partial charge in [0.15, 0.2) is 0 Å². The van der Waals surface area contributed by atoms with E-state index in [1.54, 1.807) is 0 Å². The van der Waals surface area contributed by atoms with Gasteiger partial charge in [0.1, 0.15) is 0 Å². The number of hydrogen-bond acceptors (Lipinski definition) is 4. The second kappa shape index (κ2) is 9.84. The van der Waals surface area contributed by atoms with Crippen molar-refractivity contribution in [3.05, 3.63) is 53.9 Å². The molecule has 1 aromatic carbocycles. The molecule has 0 atom stereocenters. The summed E-state index contributed by atoms with van der Waals surface area (Å²) in [4.78, 5) is 12.4.